The molecule has 0 bridgehead atoms. The first-order chi connectivity index (χ1) is 12.6. The summed E-state index contributed by atoms with van der Waals surface area (Å²) in [6.45, 7) is 4.58. The lowest BCUT2D eigenvalue weighted by Crippen LogP contribution is -2.51. The van der Waals surface area contributed by atoms with Gasteiger partial charge in [0.25, 0.3) is 0 Å². The lowest BCUT2D eigenvalue weighted by molar-refractivity contribution is -0.139. The zero-order chi connectivity index (χ0) is 18.4. The van der Waals surface area contributed by atoms with Crippen LogP contribution in [0.2, 0.25) is 0 Å². The van der Waals surface area contributed by atoms with E-state index in [9.17, 15) is 9.59 Å². The van der Waals surface area contributed by atoms with E-state index < -0.39 is 0 Å². The molecule has 1 saturated heterocycles. The molecular weight excluding hydrogens is 324 g/mol. The van der Waals surface area contributed by atoms with Crippen molar-refractivity contribution in [3.63, 3.8) is 0 Å². The van der Waals surface area contributed by atoms with E-state index in [1.807, 2.05) is 46.2 Å². The summed E-state index contributed by atoms with van der Waals surface area (Å²) in [5.41, 5.74) is 3.46. The second kappa shape index (κ2) is 8.65. The first kappa shape index (κ1) is 18.2. The second-order valence-electron chi connectivity index (χ2n) is 6.91. The fourth-order valence-electron chi connectivity index (χ4n) is 3.36. The molecule has 1 aliphatic heterocycles. The summed E-state index contributed by atoms with van der Waals surface area (Å²) in [6, 6.07) is 18.1. The molecule has 0 spiro atoms. The monoisotopic (exact) mass is 350 g/mol. The van der Waals surface area contributed by atoms with Gasteiger partial charge in [0.05, 0.1) is 6.42 Å². The minimum Gasteiger partial charge on any atom is -0.339 e. The highest BCUT2D eigenvalue weighted by atomic mass is 16.2. The van der Waals surface area contributed by atoms with Crippen molar-refractivity contribution in [1.82, 2.24) is 9.80 Å². The molecular formula is C22H26N2O2. The fourth-order valence-corrected chi connectivity index (χ4v) is 3.36. The second-order valence-corrected chi connectivity index (χ2v) is 6.91. The van der Waals surface area contributed by atoms with Crippen LogP contribution in [-0.4, -0.2) is 47.8 Å². The van der Waals surface area contributed by atoms with Crippen molar-refractivity contribution in [2.75, 3.05) is 26.2 Å². The van der Waals surface area contributed by atoms with Gasteiger partial charge in [-0.3, -0.25) is 9.59 Å². The Labute approximate surface area is 155 Å². The number of amides is 2. The third-order valence-electron chi connectivity index (χ3n) is 4.89. The summed E-state index contributed by atoms with van der Waals surface area (Å²) in [4.78, 5) is 28.6. The van der Waals surface area contributed by atoms with E-state index >= 15 is 0 Å². The van der Waals surface area contributed by atoms with Gasteiger partial charge in [0.15, 0.2) is 0 Å². The fraction of sp³-hybridized carbons (Fsp3) is 0.364. The minimum atomic E-state index is 0.142. The molecule has 0 aliphatic carbocycles. The van der Waals surface area contributed by atoms with Crippen molar-refractivity contribution >= 4 is 11.8 Å². The Bertz CT molecular complexity index is 750. The third kappa shape index (κ3) is 4.94. The molecule has 4 nitrogen and oxygen atoms in total. The number of carbonyl (C=O) groups is 2. The highest BCUT2D eigenvalue weighted by Gasteiger charge is 2.23. The molecule has 26 heavy (non-hydrogen) atoms. The topological polar surface area (TPSA) is 40.6 Å². The van der Waals surface area contributed by atoms with Crippen molar-refractivity contribution in [3.05, 3.63) is 71.3 Å². The molecule has 2 aromatic carbocycles. The Balaban J connectivity index is 1.44. The standard InChI is InChI=1S/C22H26N2O2/c1-18-6-5-9-20(16-18)10-11-21(25)23-12-14-24(15-13-23)22(26)17-19-7-3-2-4-8-19/h2-9,16H,10-15,17H2,1H3. The number of hydrogen-bond donors (Lipinski definition) is 0. The van der Waals surface area contributed by atoms with Gasteiger partial charge >= 0.3 is 0 Å². The summed E-state index contributed by atoms with van der Waals surface area (Å²) in [6.07, 6.45) is 1.73. The maximum Gasteiger partial charge on any atom is 0.227 e. The SMILES string of the molecule is Cc1cccc(CCC(=O)N2CCN(C(=O)Cc3ccccc3)CC2)c1. The molecule has 0 saturated carbocycles. The number of aryl methyl sites for hydroxylation is 2. The van der Waals surface area contributed by atoms with Gasteiger partial charge in [0, 0.05) is 32.6 Å². The summed E-state index contributed by atoms with van der Waals surface area (Å²) in [5.74, 6) is 0.324. The Kier molecular flexibility index (Phi) is 6.05. The molecule has 0 aromatic heterocycles. The zero-order valence-corrected chi connectivity index (χ0v) is 15.4. The van der Waals surface area contributed by atoms with Crippen LogP contribution in [0.5, 0.6) is 0 Å². The summed E-state index contributed by atoms with van der Waals surface area (Å²) in [7, 11) is 0. The minimum absolute atomic E-state index is 0.142. The van der Waals surface area contributed by atoms with Crippen LogP contribution in [0.25, 0.3) is 0 Å². The number of rotatable bonds is 5. The lowest BCUT2D eigenvalue weighted by atomic mass is 10.1. The van der Waals surface area contributed by atoms with Gasteiger partial charge in [-0.1, -0.05) is 60.2 Å². The van der Waals surface area contributed by atoms with Crippen LogP contribution >= 0.6 is 0 Å². The van der Waals surface area contributed by atoms with E-state index in [-0.39, 0.29) is 11.8 Å². The highest BCUT2D eigenvalue weighted by Crippen LogP contribution is 2.11. The van der Waals surface area contributed by atoms with Gasteiger partial charge < -0.3 is 9.80 Å². The van der Waals surface area contributed by atoms with Crippen LogP contribution < -0.4 is 0 Å². The van der Waals surface area contributed by atoms with Crippen molar-refractivity contribution in [2.45, 2.75) is 26.2 Å². The third-order valence-corrected chi connectivity index (χ3v) is 4.89. The van der Waals surface area contributed by atoms with Crippen LogP contribution in [-0.2, 0) is 22.4 Å². The van der Waals surface area contributed by atoms with Crippen molar-refractivity contribution < 1.29 is 9.59 Å². The first-order valence-electron chi connectivity index (χ1n) is 9.27. The van der Waals surface area contributed by atoms with Gasteiger partial charge in [0.2, 0.25) is 11.8 Å². The largest absolute Gasteiger partial charge is 0.339 e. The van der Waals surface area contributed by atoms with E-state index in [4.69, 9.17) is 0 Å². The molecule has 4 heteroatoms. The summed E-state index contributed by atoms with van der Waals surface area (Å²) in [5, 5.41) is 0. The van der Waals surface area contributed by atoms with E-state index in [0.29, 0.717) is 39.0 Å². The summed E-state index contributed by atoms with van der Waals surface area (Å²) < 4.78 is 0. The van der Waals surface area contributed by atoms with Gasteiger partial charge in [-0.05, 0) is 24.5 Å². The number of carbonyl (C=O) groups excluding carboxylic acids is 2. The molecule has 3 rings (SSSR count). The predicted octanol–water partition coefficient (Wildman–Crippen LogP) is 2.84. The number of benzene rings is 2. The maximum atomic E-state index is 12.4. The van der Waals surface area contributed by atoms with E-state index in [1.54, 1.807) is 0 Å². The van der Waals surface area contributed by atoms with Crippen LogP contribution in [0.15, 0.2) is 54.6 Å². The highest BCUT2D eigenvalue weighted by molar-refractivity contribution is 5.80. The average Bonchev–Trinajstić information content (AvgIpc) is 2.67. The lowest BCUT2D eigenvalue weighted by Gasteiger charge is -2.35. The van der Waals surface area contributed by atoms with Crippen molar-refractivity contribution in [1.29, 1.82) is 0 Å². The average molecular weight is 350 g/mol. The van der Waals surface area contributed by atoms with E-state index in [1.165, 1.54) is 11.1 Å². The Hall–Kier alpha value is -2.62. The van der Waals surface area contributed by atoms with Crippen LogP contribution in [0.3, 0.4) is 0 Å². The van der Waals surface area contributed by atoms with Gasteiger partial charge in [-0.25, -0.2) is 0 Å². The smallest absolute Gasteiger partial charge is 0.227 e. The van der Waals surface area contributed by atoms with Gasteiger partial charge in [-0.15, -0.1) is 0 Å². The molecule has 1 aliphatic rings. The quantitative estimate of drug-likeness (QED) is 0.832. The van der Waals surface area contributed by atoms with Crippen LogP contribution in [0.4, 0.5) is 0 Å². The van der Waals surface area contributed by atoms with E-state index in [0.717, 1.165) is 12.0 Å². The normalized spacial score (nSPS) is 14.3. The zero-order valence-electron chi connectivity index (χ0n) is 15.4. The van der Waals surface area contributed by atoms with Crippen LogP contribution in [0, 0.1) is 6.92 Å². The van der Waals surface area contributed by atoms with Gasteiger partial charge in [-0.2, -0.15) is 0 Å². The number of hydrogen-bond acceptors (Lipinski definition) is 2. The van der Waals surface area contributed by atoms with Gasteiger partial charge in [0.1, 0.15) is 0 Å². The van der Waals surface area contributed by atoms with Crippen LogP contribution in [0.1, 0.15) is 23.1 Å². The Morgan fingerprint density at radius 2 is 1.42 bits per heavy atom. The molecule has 1 heterocycles. The molecule has 2 aromatic rings. The van der Waals surface area contributed by atoms with E-state index in [2.05, 4.69) is 25.1 Å². The molecule has 0 unspecified atom stereocenters. The number of piperazine rings is 1. The van der Waals surface area contributed by atoms with Crippen molar-refractivity contribution in [3.8, 4) is 0 Å². The molecule has 2 amide bonds. The Morgan fingerprint density at radius 1 is 0.808 bits per heavy atom. The molecule has 0 atom stereocenters. The maximum absolute atomic E-state index is 12.4. The molecule has 0 N–H and O–H groups in total. The molecule has 0 radical (unpaired) electrons. The summed E-state index contributed by atoms with van der Waals surface area (Å²) >= 11 is 0. The van der Waals surface area contributed by atoms with Crippen molar-refractivity contribution in [2.24, 2.45) is 0 Å². The molecule has 1 fully saturated rings. The first-order valence-corrected chi connectivity index (χ1v) is 9.27. The Morgan fingerprint density at radius 3 is 2.08 bits per heavy atom. The number of nitrogens with zero attached hydrogens (tertiary/aromatic N) is 2. The molecule has 136 valence electrons. The predicted molar refractivity (Wildman–Crippen MR) is 103 cm³/mol.